The van der Waals surface area contributed by atoms with Gasteiger partial charge in [-0.3, -0.25) is 4.79 Å². The Morgan fingerprint density at radius 1 is 1.30 bits per heavy atom. The lowest BCUT2D eigenvalue weighted by molar-refractivity contribution is -0.123. The molecule has 0 heterocycles. The van der Waals surface area contributed by atoms with Crippen LogP contribution >= 0.6 is 0 Å². The maximum absolute atomic E-state index is 13.4. The van der Waals surface area contributed by atoms with Crippen molar-refractivity contribution in [3.8, 4) is 0 Å². The number of hydrogen-bond donors (Lipinski definition) is 0. The standard InChI is InChI=1S/C17H25FO2/c1-3-5-8-14(4-2)12-20-13-16(19)11-15-9-6-7-10-17(15)18/h6-7,9-10,14H,3-5,8,11-13H2,1-2H3. The van der Waals surface area contributed by atoms with E-state index in [2.05, 4.69) is 13.8 Å². The monoisotopic (exact) mass is 280 g/mol. The number of rotatable bonds is 10. The minimum Gasteiger partial charge on any atom is -0.373 e. The maximum atomic E-state index is 13.4. The van der Waals surface area contributed by atoms with E-state index in [1.54, 1.807) is 18.2 Å². The molecule has 0 aromatic heterocycles. The van der Waals surface area contributed by atoms with Gasteiger partial charge >= 0.3 is 0 Å². The molecule has 0 spiro atoms. The van der Waals surface area contributed by atoms with Gasteiger partial charge in [-0.2, -0.15) is 0 Å². The number of ketones is 1. The first-order valence-corrected chi connectivity index (χ1v) is 7.50. The predicted octanol–water partition coefficient (Wildman–Crippen LogP) is 4.17. The van der Waals surface area contributed by atoms with Crippen molar-refractivity contribution in [2.24, 2.45) is 5.92 Å². The van der Waals surface area contributed by atoms with Gasteiger partial charge in [-0.1, -0.05) is 51.3 Å². The van der Waals surface area contributed by atoms with Gasteiger partial charge in [0.15, 0.2) is 5.78 Å². The molecule has 0 aliphatic rings. The number of carbonyl (C=O) groups is 1. The molecule has 0 fully saturated rings. The van der Waals surface area contributed by atoms with E-state index in [9.17, 15) is 9.18 Å². The summed E-state index contributed by atoms with van der Waals surface area (Å²) < 4.78 is 18.9. The third-order valence-electron chi connectivity index (χ3n) is 3.51. The molecule has 1 unspecified atom stereocenters. The Hall–Kier alpha value is -1.22. The zero-order valence-electron chi connectivity index (χ0n) is 12.5. The fourth-order valence-corrected chi connectivity index (χ4v) is 2.14. The minimum absolute atomic E-state index is 0.0690. The molecule has 0 radical (unpaired) electrons. The molecule has 1 atom stereocenters. The van der Waals surface area contributed by atoms with E-state index in [1.807, 2.05) is 0 Å². The molecule has 3 heteroatoms. The summed E-state index contributed by atoms with van der Waals surface area (Å²) in [5.74, 6) is 0.131. The van der Waals surface area contributed by atoms with Gasteiger partial charge in [0.1, 0.15) is 12.4 Å². The Labute approximate surface area is 121 Å². The number of halogens is 1. The molecule has 1 aromatic rings. The van der Waals surface area contributed by atoms with E-state index in [1.165, 1.54) is 18.9 Å². The van der Waals surface area contributed by atoms with Crippen molar-refractivity contribution in [2.45, 2.75) is 46.0 Å². The van der Waals surface area contributed by atoms with Crippen molar-refractivity contribution < 1.29 is 13.9 Å². The van der Waals surface area contributed by atoms with Gasteiger partial charge in [0.2, 0.25) is 0 Å². The van der Waals surface area contributed by atoms with Crippen LogP contribution in [0.15, 0.2) is 24.3 Å². The maximum Gasteiger partial charge on any atom is 0.162 e. The normalized spacial score (nSPS) is 12.3. The molecule has 0 amide bonds. The number of unbranched alkanes of at least 4 members (excludes halogenated alkanes) is 1. The highest BCUT2D eigenvalue weighted by molar-refractivity contribution is 5.82. The molecule has 0 aliphatic carbocycles. The van der Waals surface area contributed by atoms with E-state index in [0.717, 1.165) is 12.8 Å². The fourth-order valence-electron chi connectivity index (χ4n) is 2.14. The fraction of sp³-hybridized carbons (Fsp3) is 0.588. The van der Waals surface area contributed by atoms with Crippen molar-refractivity contribution in [2.75, 3.05) is 13.2 Å². The summed E-state index contributed by atoms with van der Waals surface area (Å²) >= 11 is 0. The van der Waals surface area contributed by atoms with Gasteiger partial charge in [0.05, 0.1) is 0 Å². The highest BCUT2D eigenvalue weighted by Crippen LogP contribution is 2.13. The molecular formula is C17H25FO2. The summed E-state index contributed by atoms with van der Waals surface area (Å²) in [6, 6.07) is 6.38. The molecule has 0 aliphatic heterocycles. The molecule has 0 saturated carbocycles. The van der Waals surface area contributed by atoms with Crippen LogP contribution in [0, 0.1) is 11.7 Å². The van der Waals surface area contributed by atoms with Crippen LogP contribution in [0.1, 0.15) is 45.1 Å². The zero-order valence-corrected chi connectivity index (χ0v) is 12.5. The van der Waals surface area contributed by atoms with Crippen LogP contribution in [-0.2, 0) is 16.0 Å². The van der Waals surface area contributed by atoms with Gasteiger partial charge in [0.25, 0.3) is 0 Å². The Balaban J connectivity index is 2.28. The topological polar surface area (TPSA) is 26.3 Å². The Bertz CT molecular complexity index is 404. The number of carbonyl (C=O) groups excluding carboxylic acids is 1. The van der Waals surface area contributed by atoms with Crippen molar-refractivity contribution in [3.05, 3.63) is 35.6 Å². The first-order valence-electron chi connectivity index (χ1n) is 7.50. The second kappa shape index (κ2) is 9.65. The molecule has 2 nitrogen and oxygen atoms in total. The van der Waals surface area contributed by atoms with Crippen LogP contribution in [-0.4, -0.2) is 19.0 Å². The SMILES string of the molecule is CCCCC(CC)COCC(=O)Cc1ccccc1F. The van der Waals surface area contributed by atoms with Crippen molar-refractivity contribution >= 4 is 5.78 Å². The summed E-state index contributed by atoms with van der Waals surface area (Å²) in [6.07, 6.45) is 4.71. The highest BCUT2D eigenvalue weighted by atomic mass is 19.1. The summed E-state index contributed by atoms with van der Waals surface area (Å²) in [5.41, 5.74) is 0.444. The number of hydrogen-bond acceptors (Lipinski definition) is 2. The van der Waals surface area contributed by atoms with Crippen LogP contribution in [0.3, 0.4) is 0 Å². The quantitative estimate of drug-likeness (QED) is 0.643. The average Bonchev–Trinajstić information content (AvgIpc) is 2.45. The Kier molecular flexibility index (Phi) is 8.12. The molecule has 0 saturated heterocycles. The van der Waals surface area contributed by atoms with Gasteiger partial charge in [-0.05, 0) is 24.0 Å². The average molecular weight is 280 g/mol. The highest BCUT2D eigenvalue weighted by Gasteiger charge is 2.10. The molecule has 1 rings (SSSR count). The number of ether oxygens (including phenoxy) is 1. The van der Waals surface area contributed by atoms with E-state index in [-0.39, 0.29) is 24.6 Å². The first kappa shape index (κ1) is 16.8. The molecule has 1 aromatic carbocycles. The largest absolute Gasteiger partial charge is 0.373 e. The van der Waals surface area contributed by atoms with E-state index in [4.69, 9.17) is 4.74 Å². The van der Waals surface area contributed by atoms with E-state index in [0.29, 0.717) is 18.1 Å². The number of Topliss-reactive ketones (excluding diaryl/α,β-unsaturated/α-hetero) is 1. The molecule has 0 N–H and O–H groups in total. The van der Waals surface area contributed by atoms with Crippen LogP contribution in [0.25, 0.3) is 0 Å². The third-order valence-corrected chi connectivity index (χ3v) is 3.51. The van der Waals surface area contributed by atoms with Crippen molar-refractivity contribution in [1.82, 2.24) is 0 Å². The predicted molar refractivity (Wildman–Crippen MR) is 79.2 cm³/mol. The Morgan fingerprint density at radius 3 is 2.70 bits per heavy atom. The van der Waals surface area contributed by atoms with Gasteiger partial charge in [-0.15, -0.1) is 0 Å². The summed E-state index contributed by atoms with van der Waals surface area (Å²) in [4.78, 5) is 11.8. The number of benzene rings is 1. The van der Waals surface area contributed by atoms with Crippen LogP contribution in [0.2, 0.25) is 0 Å². The summed E-state index contributed by atoms with van der Waals surface area (Å²) in [6.45, 7) is 5.02. The van der Waals surface area contributed by atoms with Gasteiger partial charge in [-0.25, -0.2) is 4.39 Å². The third kappa shape index (κ3) is 6.29. The van der Waals surface area contributed by atoms with Crippen LogP contribution in [0.4, 0.5) is 4.39 Å². The van der Waals surface area contributed by atoms with Gasteiger partial charge < -0.3 is 4.74 Å². The van der Waals surface area contributed by atoms with E-state index >= 15 is 0 Å². The van der Waals surface area contributed by atoms with Crippen molar-refractivity contribution in [3.63, 3.8) is 0 Å². The zero-order chi connectivity index (χ0) is 14.8. The lowest BCUT2D eigenvalue weighted by atomic mass is 10.0. The first-order chi connectivity index (χ1) is 9.67. The summed E-state index contributed by atoms with van der Waals surface area (Å²) in [7, 11) is 0. The molecule has 20 heavy (non-hydrogen) atoms. The molecule has 0 bridgehead atoms. The minimum atomic E-state index is -0.324. The smallest absolute Gasteiger partial charge is 0.162 e. The Morgan fingerprint density at radius 2 is 2.05 bits per heavy atom. The second-order valence-electron chi connectivity index (χ2n) is 5.24. The lowest BCUT2D eigenvalue weighted by Gasteiger charge is -2.14. The van der Waals surface area contributed by atoms with Gasteiger partial charge in [0, 0.05) is 13.0 Å². The summed E-state index contributed by atoms with van der Waals surface area (Å²) in [5, 5.41) is 0. The van der Waals surface area contributed by atoms with Crippen LogP contribution in [0.5, 0.6) is 0 Å². The van der Waals surface area contributed by atoms with E-state index < -0.39 is 0 Å². The second-order valence-corrected chi connectivity index (χ2v) is 5.24. The molecule has 112 valence electrons. The molecular weight excluding hydrogens is 255 g/mol. The van der Waals surface area contributed by atoms with Crippen molar-refractivity contribution in [1.29, 1.82) is 0 Å². The van der Waals surface area contributed by atoms with Crippen LogP contribution < -0.4 is 0 Å². The lowest BCUT2D eigenvalue weighted by Crippen LogP contribution is -2.16.